The maximum atomic E-state index is 13.0. The topological polar surface area (TPSA) is 82.0 Å². The Bertz CT molecular complexity index is 923. The van der Waals surface area contributed by atoms with Crippen molar-refractivity contribution in [2.45, 2.75) is 45.0 Å². The lowest BCUT2D eigenvalue weighted by molar-refractivity contribution is -0.125. The van der Waals surface area contributed by atoms with Crippen LogP contribution in [0, 0.1) is 6.92 Å². The number of carbonyl (C=O) groups is 2. The summed E-state index contributed by atoms with van der Waals surface area (Å²) >= 11 is 1.66. The van der Waals surface area contributed by atoms with Gasteiger partial charge in [0.15, 0.2) is 0 Å². The number of aromatic hydroxyl groups is 1. The number of rotatable bonds is 8. The Labute approximate surface area is 187 Å². The molecule has 6 nitrogen and oxygen atoms in total. The average Bonchev–Trinajstić information content (AvgIpc) is 3.26. The second-order valence-electron chi connectivity index (χ2n) is 7.58. The lowest BCUT2D eigenvalue weighted by Gasteiger charge is -2.25. The fourth-order valence-electron chi connectivity index (χ4n) is 3.68. The Hall–Kier alpha value is -2.80. The van der Waals surface area contributed by atoms with Gasteiger partial charge in [-0.3, -0.25) is 14.6 Å². The Morgan fingerprint density at radius 1 is 1.23 bits per heavy atom. The summed E-state index contributed by atoms with van der Waals surface area (Å²) in [6, 6.07) is 12.6. The van der Waals surface area contributed by atoms with Gasteiger partial charge in [0.1, 0.15) is 11.8 Å². The molecule has 1 unspecified atom stereocenters. The monoisotopic (exact) mass is 439 g/mol. The summed E-state index contributed by atoms with van der Waals surface area (Å²) in [7, 11) is 0. The van der Waals surface area contributed by atoms with E-state index in [0.717, 1.165) is 24.3 Å². The Kier molecular flexibility index (Phi) is 8.12. The molecular formula is C24H29N3O3S. The largest absolute Gasteiger partial charge is 0.507 e. The van der Waals surface area contributed by atoms with E-state index in [2.05, 4.69) is 22.4 Å². The summed E-state index contributed by atoms with van der Waals surface area (Å²) in [5.74, 6) is 0.368. The van der Waals surface area contributed by atoms with Crippen LogP contribution < -0.4 is 5.32 Å². The number of thioether (sulfide) groups is 1. The van der Waals surface area contributed by atoms with Crippen LogP contribution in [0.1, 0.15) is 46.8 Å². The van der Waals surface area contributed by atoms with Crippen LogP contribution in [0.4, 0.5) is 0 Å². The summed E-state index contributed by atoms with van der Waals surface area (Å²) in [6.45, 7) is 5.52. The first-order valence-corrected chi connectivity index (χ1v) is 11.6. The van der Waals surface area contributed by atoms with Crippen LogP contribution in [0.15, 0.2) is 47.5 Å². The molecule has 1 heterocycles. The van der Waals surface area contributed by atoms with Crippen molar-refractivity contribution < 1.29 is 14.7 Å². The average molecular weight is 440 g/mol. The Morgan fingerprint density at radius 2 is 1.97 bits per heavy atom. The zero-order valence-corrected chi connectivity index (χ0v) is 18.8. The fourth-order valence-corrected chi connectivity index (χ4v) is 4.39. The molecule has 1 fully saturated rings. The number of amides is 2. The van der Waals surface area contributed by atoms with Crippen molar-refractivity contribution in [2.24, 2.45) is 4.99 Å². The first-order chi connectivity index (χ1) is 15.0. The van der Waals surface area contributed by atoms with Gasteiger partial charge < -0.3 is 15.3 Å². The lowest BCUT2D eigenvalue weighted by Crippen LogP contribution is -2.45. The second kappa shape index (κ2) is 11.0. The molecule has 0 spiro atoms. The molecule has 2 amide bonds. The van der Waals surface area contributed by atoms with Gasteiger partial charge in [0.25, 0.3) is 5.91 Å². The van der Waals surface area contributed by atoms with Gasteiger partial charge in [0.2, 0.25) is 5.91 Å². The second-order valence-corrected chi connectivity index (χ2v) is 8.41. The number of hydrogen-bond donors (Lipinski definition) is 2. The first kappa shape index (κ1) is 22.9. The van der Waals surface area contributed by atoms with Crippen LogP contribution in [0.5, 0.6) is 5.75 Å². The van der Waals surface area contributed by atoms with Gasteiger partial charge in [-0.2, -0.15) is 0 Å². The van der Waals surface area contributed by atoms with Crippen molar-refractivity contribution in [3.05, 3.63) is 64.7 Å². The lowest BCUT2D eigenvalue weighted by atomic mass is 10.1. The molecule has 0 bridgehead atoms. The number of hydrogen-bond acceptors (Lipinski definition) is 5. The van der Waals surface area contributed by atoms with E-state index in [1.807, 2.05) is 24.6 Å². The third-order valence-corrected chi connectivity index (χ3v) is 6.15. The molecule has 1 aliphatic rings. The van der Waals surface area contributed by atoms with E-state index in [-0.39, 0.29) is 23.1 Å². The number of aliphatic imine (C=N–C) groups is 1. The van der Waals surface area contributed by atoms with Crippen molar-refractivity contribution in [3.63, 3.8) is 0 Å². The minimum atomic E-state index is -0.514. The van der Waals surface area contributed by atoms with Crippen LogP contribution in [0.2, 0.25) is 0 Å². The van der Waals surface area contributed by atoms with E-state index >= 15 is 0 Å². The van der Waals surface area contributed by atoms with Crippen LogP contribution >= 0.6 is 11.8 Å². The molecule has 2 aromatic carbocycles. The van der Waals surface area contributed by atoms with Gasteiger partial charge in [-0.1, -0.05) is 36.4 Å². The summed E-state index contributed by atoms with van der Waals surface area (Å²) < 4.78 is 0. The molecule has 2 aromatic rings. The predicted octanol–water partition coefficient (Wildman–Crippen LogP) is 3.90. The van der Waals surface area contributed by atoms with Gasteiger partial charge in [-0.25, -0.2) is 0 Å². The predicted molar refractivity (Wildman–Crippen MR) is 126 cm³/mol. The van der Waals surface area contributed by atoms with Gasteiger partial charge in [-0.05, 0) is 49.4 Å². The molecule has 1 aliphatic heterocycles. The highest BCUT2D eigenvalue weighted by Gasteiger charge is 2.35. The smallest absolute Gasteiger partial charge is 0.258 e. The minimum absolute atomic E-state index is 0.0460. The fraction of sp³-hybridized carbons (Fsp3) is 0.375. The van der Waals surface area contributed by atoms with E-state index < -0.39 is 6.04 Å². The van der Waals surface area contributed by atoms with Crippen molar-refractivity contribution in [3.8, 4) is 5.75 Å². The Morgan fingerprint density at radius 3 is 2.68 bits per heavy atom. The Balaban J connectivity index is 1.57. The van der Waals surface area contributed by atoms with E-state index in [0.29, 0.717) is 25.1 Å². The quantitative estimate of drug-likeness (QED) is 0.483. The van der Waals surface area contributed by atoms with Gasteiger partial charge >= 0.3 is 0 Å². The van der Waals surface area contributed by atoms with E-state index in [1.54, 1.807) is 35.7 Å². The maximum absolute atomic E-state index is 13.0. The number of carbonyl (C=O) groups excluding carboxylic acids is 2. The zero-order valence-electron chi connectivity index (χ0n) is 18.0. The molecule has 0 radical (unpaired) electrons. The molecule has 164 valence electrons. The number of phenols is 1. The highest BCUT2D eigenvalue weighted by atomic mass is 32.2. The number of benzene rings is 2. The molecular weight excluding hydrogens is 410 g/mol. The van der Waals surface area contributed by atoms with E-state index in [4.69, 9.17) is 0 Å². The van der Waals surface area contributed by atoms with Crippen LogP contribution in [-0.4, -0.2) is 46.5 Å². The van der Waals surface area contributed by atoms with Gasteiger partial charge in [0.05, 0.1) is 11.1 Å². The molecule has 2 N–H and O–H groups in total. The van der Waals surface area contributed by atoms with Crippen molar-refractivity contribution in [2.75, 3.05) is 13.1 Å². The van der Waals surface area contributed by atoms with Crippen molar-refractivity contribution in [1.29, 1.82) is 0 Å². The van der Waals surface area contributed by atoms with Gasteiger partial charge in [0, 0.05) is 25.4 Å². The van der Waals surface area contributed by atoms with E-state index in [1.165, 1.54) is 11.6 Å². The maximum Gasteiger partial charge on any atom is 0.258 e. The molecule has 0 saturated carbocycles. The number of nitrogens with zero attached hydrogens (tertiary/aromatic N) is 2. The molecule has 1 atom stereocenters. The van der Waals surface area contributed by atoms with Crippen LogP contribution in [-0.2, 0) is 17.1 Å². The number of nitrogens with one attached hydrogen (secondary N) is 1. The zero-order chi connectivity index (χ0) is 22.2. The molecule has 7 heteroatoms. The molecule has 0 aromatic heterocycles. The first-order valence-electron chi connectivity index (χ1n) is 10.6. The number of aryl methyl sites for hydroxylation is 1. The highest BCUT2D eigenvalue weighted by molar-refractivity contribution is 8.11. The van der Waals surface area contributed by atoms with Crippen LogP contribution in [0.25, 0.3) is 0 Å². The third-order valence-electron chi connectivity index (χ3n) is 5.35. The normalized spacial score (nSPS) is 16.1. The molecule has 3 rings (SSSR count). The summed E-state index contributed by atoms with van der Waals surface area (Å²) in [6.07, 6.45) is 1.39. The summed E-state index contributed by atoms with van der Waals surface area (Å²) in [5, 5.41) is 13.1. The van der Waals surface area contributed by atoms with Crippen molar-refractivity contribution >= 4 is 29.1 Å². The minimum Gasteiger partial charge on any atom is -0.507 e. The standard InChI is InChI=1S/C24H29N3O3S/c1-3-25-16-31-15-19-11-9-18(10-12-19)14-26-23(29)20-7-5-13-27(20)24(30)22-17(2)6-4-8-21(22)28/h4,6,8-12,16,20,28H,3,5,7,13-15H2,1-2H3,(H,26,29)/b25-16-. The summed E-state index contributed by atoms with van der Waals surface area (Å²) in [5.41, 5.74) is 5.07. The van der Waals surface area contributed by atoms with Crippen LogP contribution in [0.3, 0.4) is 0 Å². The van der Waals surface area contributed by atoms with E-state index in [9.17, 15) is 14.7 Å². The van der Waals surface area contributed by atoms with Gasteiger partial charge in [-0.15, -0.1) is 11.8 Å². The SMILES string of the molecule is CC/N=C\SCc1ccc(CNC(=O)C2CCCN2C(=O)c2c(C)cccc2O)cc1. The highest BCUT2D eigenvalue weighted by Crippen LogP contribution is 2.27. The summed E-state index contributed by atoms with van der Waals surface area (Å²) in [4.78, 5) is 31.6. The molecule has 0 aliphatic carbocycles. The number of likely N-dealkylation sites (tertiary alicyclic amines) is 1. The number of phenolic OH excluding ortho intramolecular Hbond substituents is 1. The third kappa shape index (κ3) is 5.88. The van der Waals surface area contributed by atoms with Crippen molar-refractivity contribution in [1.82, 2.24) is 10.2 Å². The molecule has 1 saturated heterocycles. The molecule has 31 heavy (non-hydrogen) atoms.